The van der Waals surface area contributed by atoms with E-state index in [0.29, 0.717) is 11.5 Å². The largest absolute Gasteiger partial charge is 1.00 e. The number of hydrogen-bond donors (Lipinski definition) is 1. The SMILES string of the molecule is CC1CC(SC2=C(C(=O)[O-])N3C(=O)C(C(C)O)C3C2C)CO1.[Na+]. The van der Waals surface area contributed by atoms with Crippen molar-refractivity contribution in [3.8, 4) is 0 Å². The summed E-state index contributed by atoms with van der Waals surface area (Å²) in [5.74, 6) is -2.27. The monoisotopic (exact) mass is 349 g/mol. The van der Waals surface area contributed by atoms with Gasteiger partial charge in [-0.25, -0.2) is 0 Å². The summed E-state index contributed by atoms with van der Waals surface area (Å²) in [6.45, 7) is 6.06. The summed E-state index contributed by atoms with van der Waals surface area (Å²) < 4.78 is 5.53. The fourth-order valence-electron chi connectivity index (χ4n) is 3.71. The molecule has 0 spiro atoms. The van der Waals surface area contributed by atoms with Crippen LogP contribution in [0.15, 0.2) is 10.6 Å². The average Bonchev–Trinajstić information content (AvgIpc) is 2.92. The molecule has 0 aromatic heterocycles. The molecule has 6 atom stereocenters. The van der Waals surface area contributed by atoms with Gasteiger partial charge in [0.05, 0.1) is 42.4 Å². The van der Waals surface area contributed by atoms with Gasteiger partial charge in [0.15, 0.2) is 0 Å². The van der Waals surface area contributed by atoms with Gasteiger partial charge in [-0.15, -0.1) is 11.8 Å². The third-order valence-electron chi connectivity index (χ3n) is 4.76. The maximum absolute atomic E-state index is 12.2. The normalized spacial score (nSPS) is 37.3. The molecule has 8 heteroatoms. The first kappa shape index (κ1) is 19.3. The van der Waals surface area contributed by atoms with E-state index in [4.69, 9.17) is 4.74 Å². The summed E-state index contributed by atoms with van der Waals surface area (Å²) in [7, 11) is 0. The van der Waals surface area contributed by atoms with Crippen LogP contribution in [0, 0.1) is 11.8 Å². The third-order valence-corrected chi connectivity index (χ3v) is 6.24. The number of fused-ring (bicyclic) bond motifs is 1. The van der Waals surface area contributed by atoms with Gasteiger partial charge in [0.25, 0.3) is 0 Å². The molecule has 6 unspecified atom stereocenters. The van der Waals surface area contributed by atoms with Gasteiger partial charge in [0.1, 0.15) is 0 Å². The second-order valence-electron chi connectivity index (χ2n) is 6.37. The Morgan fingerprint density at radius 3 is 2.61 bits per heavy atom. The minimum absolute atomic E-state index is 0. The first-order chi connectivity index (χ1) is 10.3. The summed E-state index contributed by atoms with van der Waals surface area (Å²) in [6, 6.07) is -0.275. The molecule has 3 heterocycles. The number of carbonyl (C=O) groups is 2. The molecule has 3 aliphatic rings. The third kappa shape index (κ3) is 3.12. The van der Waals surface area contributed by atoms with E-state index >= 15 is 0 Å². The fraction of sp³-hybridized carbons (Fsp3) is 0.733. The van der Waals surface area contributed by atoms with Crippen molar-refractivity contribution in [3.05, 3.63) is 10.6 Å². The van der Waals surface area contributed by atoms with Crippen molar-refractivity contribution in [1.29, 1.82) is 0 Å². The predicted molar refractivity (Wildman–Crippen MR) is 78.4 cm³/mol. The van der Waals surface area contributed by atoms with E-state index in [1.807, 2.05) is 13.8 Å². The van der Waals surface area contributed by atoms with Crippen molar-refractivity contribution in [3.63, 3.8) is 0 Å². The van der Waals surface area contributed by atoms with Crippen LogP contribution in [-0.2, 0) is 14.3 Å². The van der Waals surface area contributed by atoms with E-state index in [1.165, 1.54) is 16.7 Å². The molecule has 3 rings (SSSR count). The van der Waals surface area contributed by atoms with Crippen LogP contribution in [0.3, 0.4) is 0 Å². The number of β-lactam (4-membered cyclic amide) rings is 1. The Labute approximate surface area is 161 Å². The van der Waals surface area contributed by atoms with E-state index < -0.39 is 18.0 Å². The summed E-state index contributed by atoms with van der Waals surface area (Å²) in [6.07, 6.45) is 0.253. The molecule has 0 bridgehead atoms. The molecule has 0 aromatic rings. The first-order valence-corrected chi connectivity index (χ1v) is 8.45. The molecule has 2 saturated heterocycles. The number of ether oxygens (including phenoxy) is 1. The number of thioether (sulfide) groups is 1. The molecule has 6 nitrogen and oxygen atoms in total. The summed E-state index contributed by atoms with van der Waals surface area (Å²) in [4.78, 5) is 25.7. The van der Waals surface area contributed by atoms with Crippen molar-refractivity contribution in [2.45, 2.75) is 50.7 Å². The zero-order valence-corrected chi connectivity index (χ0v) is 16.6. The van der Waals surface area contributed by atoms with Crippen molar-refractivity contribution in [2.24, 2.45) is 11.8 Å². The molecule has 1 N–H and O–H groups in total. The Bertz CT molecular complexity index is 552. The Morgan fingerprint density at radius 2 is 2.13 bits per heavy atom. The van der Waals surface area contributed by atoms with Gasteiger partial charge >= 0.3 is 29.6 Å². The molecule has 1 amide bonds. The van der Waals surface area contributed by atoms with Gasteiger partial charge in [-0.05, 0) is 20.3 Å². The number of carboxylic acids is 1. The number of aliphatic hydroxyl groups is 1. The van der Waals surface area contributed by atoms with Gasteiger partial charge < -0.3 is 24.6 Å². The van der Waals surface area contributed by atoms with Gasteiger partial charge in [0, 0.05) is 16.1 Å². The topological polar surface area (TPSA) is 89.9 Å². The summed E-state index contributed by atoms with van der Waals surface area (Å²) in [5, 5.41) is 21.5. The zero-order valence-electron chi connectivity index (χ0n) is 13.8. The minimum Gasteiger partial charge on any atom is -0.543 e. The second kappa shape index (κ2) is 7.06. The van der Waals surface area contributed by atoms with E-state index in [2.05, 4.69) is 0 Å². The van der Waals surface area contributed by atoms with Crippen LogP contribution >= 0.6 is 11.8 Å². The minimum atomic E-state index is -1.32. The standard InChI is InChI=1S/C15H21NO5S.Na/c1-6-4-9(5-21-6)22-13-7(2)11-10(8(3)17)14(18)16(11)12(13)15(19)20;/h6-11,17H,4-5H2,1-3H3,(H,19,20);/q;+1/p-1. The van der Waals surface area contributed by atoms with E-state index in [9.17, 15) is 19.8 Å². The van der Waals surface area contributed by atoms with Crippen molar-refractivity contribution in [1.82, 2.24) is 4.90 Å². The predicted octanol–water partition coefficient (Wildman–Crippen LogP) is -3.28. The number of amides is 1. The maximum atomic E-state index is 12.2. The fourth-order valence-corrected chi connectivity index (χ4v) is 5.23. The summed E-state index contributed by atoms with van der Waals surface area (Å²) in [5.41, 5.74) is -0.0102. The van der Waals surface area contributed by atoms with Crippen LogP contribution in [0.2, 0.25) is 0 Å². The van der Waals surface area contributed by atoms with Crippen molar-refractivity contribution < 1.29 is 54.1 Å². The number of rotatable bonds is 4. The van der Waals surface area contributed by atoms with Crippen molar-refractivity contribution in [2.75, 3.05) is 6.61 Å². The Hall–Kier alpha value is -0.0500. The Morgan fingerprint density at radius 1 is 1.48 bits per heavy atom. The first-order valence-electron chi connectivity index (χ1n) is 7.57. The van der Waals surface area contributed by atoms with Crippen LogP contribution in [-0.4, -0.2) is 52.0 Å². The molecular formula is C15H20NNaO5S. The molecular weight excluding hydrogens is 329 g/mol. The zero-order chi connectivity index (χ0) is 16.2. The van der Waals surface area contributed by atoms with Crippen LogP contribution in [0.5, 0.6) is 0 Å². The average molecular weight is 349 g/mol. The van der Waals surface area contributed by atoms with Gasteiger partial charge in [0.2, 0.25) is 5.91 Å². The van der Waals surface area contributed by atoms with Gasteiger partial charge in [-0.2, -0.15) is 0 Å². The maximum Gasteiger partial charge on any atom is 1.00 e. The van der Waals surface area contributed by atoms with Crippen LogP contribution < -0.4 is 34.7 Å². The second-order valence-corrected chi connectivity index (χ2v) is 7.72. The molecule has 0 aliphatic carbocycles. The number of hydrogen-bond acceptors (Lipinski definition) is 6. The molecule has 23 heavy (non-hydrogen) atoms. The molecule has 0 saturated carbocycles. The van der Waals surface area contributed by atoms with Crippen LogP contribution in [0.1, 0.15) is 27.2 Å². The molecule has 122 valence electrons. The smallest absolute Gasteiger partial charge is 0.543 e. The number of carbonyl (C=O) groups excluding carboxylic acids is 2. The molecule has 0 radical (unpaired) electrons. The van der Waals surface area contributed by atoms with Crippen LogP contribution in [0.4, 0.5) is 0 Å². The van der Waals surface area contributed by atoms with Gasteiger partial charge in [-0.1, -0.05) is 6.92 Å². The van der Waals surface area contributed by atoms with E-state index in [-0.39, 0.29) is 64.5 Å². The number of aliphatic hydroxyl groups excluding tert-OH is 1. The Balaban J connectivity index is 0.00000192. The number of nitrogens with zero attached hydrogens (tertiary/aromatic N) is 1. The molecule has 2 fully saturated rings. The Kier molecular flexibility index (Phi) is 5.91. The molecule has 3 aliphatic heterocycles. The van der Waals surface area contributed by atoms with E-state index in [0.717, 1.165) is 6.42 Å². The van der Waals surface area contributed by atoms with Crippen LogP contribution in [0.25, 0.3) is 0 Å². The number of carboxylic acid groups (broad SMARTS) is 1. The van der Waals surface area contributed by atoms with Gasteiger partial charge in [-0.3, -0.25) is 4.79 Å². The molecule has 0 aromatic carbocycles. The van der Waals surface area contributed by atoms with E-state index in [1.54, 1.807) is 6.92 Å². The van der Waals surface area contributed by atoms with Crippen molar-refractivity contribution >= 4 is 23.6 Å². The summed E-state index contributed by atoms with van der Waals surface area (Å²) >= 11 is 1.48. The quantitative estimate of drug-likeness (QED) is 0.423. The number of aliphatic carboxylic acids is 1.